The Labute approximate surface area is 108 Å². The second-order valence-electron chi connectivity index (χ2n) is 4.68. The highest BCUT2D eigenvalue weighted by Crippen LogP contribution is 2.04. The zero-order valence-corrected chi connectivity index (χ0v) is 10.7. The second-order valence-corrected chi connectivity index (χ2v) is 4.68. The largest absolute Gasteiger partial charge is 0.314 e. The Balaban J connectivity index is 1.82. The van der Waals surface area contributed by atoms with E-state index in [1.807, 2.05) is 6.07 Å². The Morgan fingerprint density at radius 3 is 3.11 bits per heavy atom. The van der Waals surface area contributed by atoms with Crippen LogP contribution in [-0.4, -0.2) is 37.1 Å². The topological polar surface area (TPSA) is 15.3 Å². The Morgan fingerprint density at radius 1 is 1.44 bits per heavy atom. The summed E-state index contributed by atoms with van der Waals surface area (Å²) in [4.78, 5) is 2.37. The molecule has 1 heterocycles. The molecule has 1 saturated heterocycles. The number of nitrogens with one attached hydrogen (secondary N) is 1. The molecule has 2 rings (SSSR count). The molecule has 0 saturated carbocycles. The first-order valence-corrected chi connectivity index (χ1v) is 6.40. The van der Waals surface area contributed by atoms with Crippen LogP contribution in [-0.2, 0) is 6.42 Å². The Bertz CT molecular complexity index is 447. The fourth-order valence-electron chi connectivity index (χ4n) is 2.09. The maximum atomic E-state index is 13.0. The third-order valence-corrected chi connectivity index (χ3v) is 3.23. The molecule has 2 nitrogen and oxygen atoms in total. The molecular weight excluding hydrogens is 227 g/mol. The molecule has 1 aliphatic rings. The zero-order chi connectivity index (χ0) is 12.8. The van der Waals surface area contributed by atoms with Gasteiger partial charge in [-0.1, -0.05) is 24.0 Å². The van der Waals surface area contributed by atoms with Gasteiger partial charge in [0, 0.05) is 32.1 Å². The molecule has 0 spiro atoms. The molecule has 0 bridgehead atoms. The molecule has 1 atom stereocenters. The summed E-state index contributed by atoms with van der Waals surface area (Å²) in [7, 11) is 0. The van der Waals surface area contributed by atoms with Gasteiger partial charge in [-0.05, 0) is 24.6 Å². The summed E-state index contributed by atoms with van der Waals surface area (Å²) < 4.78 is 13.0. The minimum absolute atomic E-state index is 0.190. The van der Waals surface area contributed by atoms with Crippen LogP contribution in [0.15, 0.2) is 24.3 Å². The molecule has 1 fully saturated rings. The first kappa shape index (κ1) is 13.1. The molecule has 0 aromatic heterocycles. The third-order valence-electron chi connectivity index (χ3n) is 3.23. The van der Waals surface area contributed by atoms with E-state index in [0.29, 0.717) is 12.5 Å². The molecule has 18 heavy (non-hydrogen) atoms. The van der Waals surface area contributed by atoms with Crippen molar-refractivity contribution in [3.05, 3.63) is 35.6 Å². The molecule has 1 aromatic rings. The van der Waals surface area contributed by atoms with Gasteiger partial charge < -0.3 is 5.32 Å². The number of benzene rings is 1. The first-order valence-electron chi connectivity index (χ1n) is 6.40. The molecule has 1 unspecified atom stereocenters. The van der Waals surface area contributed by atoms with Crippen molar-refractivity contribution in [1.29, 1.82) is 0 Å². The van der Waals surface area contributed by atoms with Crippen molar-refractivity contribution in [3.8, 4) is 11.8 Å². The predicted octanol–water partition coefficient (Wildman–Crippen LogP) is 1.67. The van der Waals surface area contributed by atoms with Gasteiger partial charge in [0.1, 0.15) is 5.82 Å². The highest BCUT2D eigenvalue weighted by molar-refractivity contribution is 5.22. The summed E-state index contributed by atoms with van der Waals surface area (Å²) >= 11 is 0. The van der Waals surface area contributed by atoms with E-state index in [9.17, 15) is 4.39 Å². The Morgan fingerprint density at radius 2 is 2.33 bits per heavy atom. The van der Waals surface area contributed by atoms with E-state index in [-0.39, 0.29) is 5.82 Å². The number of nitrogens with zero attached hydrogens (tertiary/aromatic N) is 1. The van der Waals surface area contributed by atoms with Gasteiger partial charge in [0.15, 0.2) is 0 Å². The van der Waals surface area contributed by atoms with Crippen LogP contribution in [0.3, 0.4) is 0 Å². The van der Waals surface area contributed by atoms with E-state index < -0.39 is 0 Å². The van der Waals surface area contributed by atoms with Crippen molar-refractivity contribution in [2.24, 2.45) is 0 Å². The van der Waals surface area contributed by atoms with Crippen LogP contribution in [0.1, 0.15) is 12.5 Å². The molecular formula is C15H19FN2. The molecule has 96 valence electrons. The third kappa shape index (κ3) is 3.83. The quantitative estimate of drug-likeness (QED) is 0.799. The van der Waals surface area contributed by atoms with Crippen LogP contribution >= 0.6 is 0 Å². The van der Waals surface area contributed by atoms with Gasteiger partial charge in [-0.15, -0.1) is 0 Å². The van der Waals surface area contributed by atoms with E-state index in [0.717, 1.165) is 31.7 Å². The molecule has 0 radical (unpaired) electrons. The number of halogens is 1. The summed E-state index contributed by atoms with van der Waals surface area (Å²) in [5.41, 5.74) is 0.941. The maximum Gasteiger partial charge on any atom is 0.123 e. The van der Waals surface area contributed by atoms with E-state index in [4.69, 9.17) is 0 Å². The van der Waals surface area contributed by atoms with E-state index in [2.05, 4.69) is 29.0 Å². The molecule has 0 aliphatic carbocycles. The average Bonchev–Trinajstić information content (AvgIpc) is 2.37. The van der Waals surface area contributed by atoms with Crippen LogP contribution in [0.4, 0.5) is 4.39 Å². The van der Waals surface area contributed by atoms with Gasteiger partial charge in [0.25, 0.3) is 0 Å². The number of rotatable bonds is 2. The SMILES string of the molecule is CC1CNCCN1CC#CCc1cccc(F)c1. The van der Waals surface area contributed by atoms with E-state index in [1.54, 1.807) is 12.1 Å². The van der Waals surface area contributed by atoms with Crippen LogP contribution in [0, 0.1) is 17.7 Å². The lowest BCUT2D eigenvalue weighted by molar-refractivity contribution is 0.196. The van der Waals surface area contributed by atoms with Crippen LogP contribution < -0.4 is 5.32 Å². The molecule has 1 aromatic carbocycles. The summed E-state index contributed by atoms with van der Waals surface area (Å²) in [6.07, 6.45) is 0.623. The van der Waals surface area contributed by atoms with Crippen molar-refractivity contribution in [3.63, 3.8) is 0 Å². The monoisotopic (exact) mass is 246 g/mol. The van der Waals surface area contributed by atoms with Crippen LogP contribution in [0.5, 0.6) is 0 Å². The first-order chi connectivity index (χ1) is 8.75. The van der Waals surface area contributed by atoms with Crippen molar-refractivity contribution in [1.82, 2.24) is 10.2 Å². The summed E-state index contributed by atoms with van der Waals surface area (Å²) in [6, 6.07) is 7.18. The highest BCUT2D eigenvalue weighted by Gasteiger charge is 2.15. The van der Waals surface area contributed by atoms with Gasteiger partial charge in [0.2, 0.25) is 0 Å². The van der Waals surface area contributed by atoms with Gasteiger partial charge >= 0.3 is 0 Å². The fourth-order valence-corrected chi connectivity index (χ4v) is 2.09. The van der Waals surface area contributed by atoms with Gasteiger partial charge in [-0.25, -0.2) is 4.39 Å². The maximum absolute atomic E-state index is 13.0. The minimum Gasteiger partial charge on any atom is -0.314 e. The van der Waals surface area contributed by atoms with Crippen LogP contribution in [0.2, 0.25) is 0 Å². The standard InChI is InChI=1S/C15H19FN2/c1-13-12-17-8-10-18(13)9-3-2-5-14-6-4-7-15(16)11-14/h4,6-7,11,13,17H,5,8-10,12H2,1H3. The Hall–Kier alpha value is -1.37. The van der Waals surface area contributed by atoms with Crippen molar-refractivity contribution in [2.75, 3.05) is 26.2 Å². The lowest BCUT2D eigenvalue weighted by atomic mass is 10.1. The molecule has 1 aliphatic heterocycles. The number of hydrogen-bond donors (Lipinski definition) is 1. The number of hydrogen-bond acceptors (Lipinski definition) is 2. The van der Waals surface area contributed by atoms with Crippen LogP contribution in [0.25, 0.3) is 0 Å². The number of piperazine rings is 1. The molecule has 1 N–H and O–H groups in total. The van der Waals surface area contributed by atoms with Crippen molar-refractivity contribution >= 4 is 0 Å². The normalized spacial score (nSPS) is 20.2. The smallest absolute Gasteiger partial charge is 0.123 e. The van der Waals surface area contributed by atoms with E-state index >= 15 is 0 Å². The summed E-state index contributed by atoms with van der Waals surface area (Å²) in [5.74, 6) is 6.11. The molecule has 3 heteroatoms. The van der Waals surface area contributed by atoms with Gasteiger partial charge in [-0.2, -0.15) is 0 Å². The van der Waals surface area contributed by atoms with Gasteiger partial charge in [0.05, 0.1) is 6.54 Å². The highest BCUT2D eigenvalue weighted by atomic mass is 19.1. The van der Waals surface area contributed by atoms with E-state index in [1.165, 1.54) is 6.07 Å². The van der Waals surface area contributed by atoms with Gasteiger partial charge in [-0.3, -0.25) is 4.90 Å². The fraction of sp³-hybridized carbons (Fsp3) is 0.467. The lowest BCUT2D eigenvalue weighted by Crippen LogP contribution is -2.49. The predicted molar refractivity (Wildman–Crippen MR) is 71.8 cm³/mol. The van der Waals surface area contributed by atoms with Crippen molar-refractivity contribution in [2.45, 2.75) is 19.4 Å². The summed E-state index contributed by atoms with van der Waals surface area (Å²) in [5, 5.41) is 3.36. The lowest BCUT2D eigenvalue weighted by Gasteiger charge is -2.32. The molecule has 0 amide bonds. The second kappa shape index (κ2) is 6.53. The Kier molecular flexibility index (Phi) is 4.74. The minimum atomic E-state index is -0.190. The summed E-state index contributed by atoms with van der Waals surface area (Å²) in [6.45, 7) is 6.13. The average molecular weight is 246 g/mol. The van der Waals surface area contributed by atoms with Crippen molar-refractivity contribution < 1.29 is 4.39 Å². The zero-order valence-electron chi connectivity index (χ0n) is 10.7.